The van der Waals surface area contributed by atoms with Crippen LogP contribution in [-0.2, 0) is 0 Å². The van der Waals surface area contributed by atoms with Crippen LogP contribution in [0.15, 0.2) is 47.8 Å². The third kappa shape index (κ3) is 2.93. The molecular formula is C17H10ClF2N5S. The van der Waals surface area contributed by atoms with Gasteiger partial charge in [0.15, 0.2) is 17.3 Å². The second-order valence-electron chi connectivity index (χ2n) is 5.38. The number of aromatic nitrogens is 4. The van der Waals surface area contributed by atoms with Gasteiger partial charge in [0, 0.05) is 22.0 Å². The number of thiazole rings is 1. The van der Waals surface area contributed by atoms with E-state index in [1.165, 1.54) is 17.4 Å². The molecule has 0 aliphatic heterocycles. The van der Waals surface area contributed by atoms with E-state index >= 15 is 0 Å². The lowest BCUT2D eigenvalue weighted by Crippen LogP contribution is -2.05. The monoisotopic (exact) mass is 389 g/mol. The van der Waals surface area contributed by atoms with E-state index in [-0.39, 0.29) is 11.5 Å². The lowest BCUT2D eigenvalue weighted by Gasteiger charge is -2.04. The van der Waals surface area contributed by atoms with Crippen LogP contribution < -0.4 is 5.73 Å². The van der Waals surface area contributed by atoms with Crippen LogP contribution in [0.1, 0.15) is 0 Å². The zero-order chi connectivity index (χ0) is 18.3. The third-order valence-corrected chi connectivity index (χ3v) is 4.79. The lowest BCUT2D eigenvalue weighted by molar-refractivity contribution is 0.572. The first-order valence-corrected chi connectivity index (χ1v) is 8.67. The number of nitrogens with two attached hydrogens (primary N) is 1. The zero-order valence-electron chi connectivity index (χ0n) is 13.0. The molecule has 2 N–H and O–H groups in total. The maximum atomic E-state index is 14.0. The van der Waals surface area contributed by atoms with E-state index in [1.807, 2.05) is 17.5 Å². The average molecular weight is 390 g/mol. The van der Waals surface area contributed by atoms with Crippen LogP contribution in [0.3, 0.4) is 0 Å². The number of anilines is 1. The molecule has 0 unspecified atom stereocenters. The molecule has 0 fully saturated rings. The molecule has 0 amide bonds. The Morgan fingerprint density at radius 2 is 1.85 bits per heavy atom. The van der Waals surface area contributed by atoms with E-state index in [1.54, 1.807) is 12.1 Å². The van der Waals surface area contributed by atoms with Gasteiger partial charge in [-0.25, -0.2) is 13.8 Å². The van der Waals surface area contributed by atoms with Crippen LogP contribution in [-0.4, -0.2) is 20.0 Å². The van der Waals surface area contributed by atoms with E-state index in [0.717, 1.165) is 28.1 Å². The van der Waals surface area contributed by atoms with E-state index in [2.05, 4.69) is 15.3 Å². The minimum absolute atomic E-state index is 0.0112. The van der Waals surface area contributed by atoms with E-state index < -0.39 is 11.6 Å². The number of hydrogen-bond acceptors (Lipinski definition) is 5. The minimum Gasteiger partial charge on any atom is -0.382 e. The average Bonchev–Trinajstić information content (AvgIpc) is 3.23. The van der Waals surface area contributed by atoms with E-state index in [4.69, 9.17) is 17.3 Å². The number of rotatable bonds is 3. The molecule has 0 radical (unpaired) electrons. The normalized spacial score (nSPS) is 11.0. The van der Waals surface area contributed by atoms with Gasteiger partial charge in [-0.05, 0) is 24.3 Å². The number of hydrogen-bond donors (Lipinski definition) is 1. The number of nitrogen functional groups attached to an aromatic ring is 1. The van der Waals surface area contributed by atoms with Gasteiger partial charge in [0.25, 0.3) is 0 Å². The van der Waals surface area contributed by atoms with Gasteiger partial charge in [0.05, 0.1) is 5.69 Å². The largest absolute Gasteiger partial charge is 0.382 e. The van der Waals surface area contributed by atoms with Crippen molar-refractivity contribution in [1.29, 1.82) is 0 Å². The second kappa shape index (κ2) is 6.47. The fourth-order valence-electron chi connectivity index (χ4n) is 2.41. The molecule has 5 nitrogen and oxygen atoms in total. The predicted molar refractivity (Wildman–Crippen MR) is 97.2 cm³/mol. The molecule has 4 rings (SSSR count). The van der Waals surface area contributed by atoms with E-state index in [9.17, 15) is 8.78 Å². The summed E-state index contributed by atoms with van der Waals surface area (Å²) < 4.78 is 28.2. The Morgan fingerprint density at radius 3 is 2.58 bits per heavy atom. The highest BCUT2D eigenvalue weighted by atomic mass is 35.5. The molecule has 0 aliphatic rings. The third-order valence-electron chi connectivity index (χ3n) is 3.69. The standard InChI is InChI=1S/C17H10ClF2N5S/c18-10-3-1-9(2-4-10)13-8-26-17(22-13)15-16(21)25(24-23-15)14-6-5-11(19)7-12(14)20/h1-8H,21H2. The van der Waals surface area contributed by atoms with Gasteiger partial charge in [0.2, 0.25) is 0 Å². The summed E-state index contributed by atoms with van der Waals surface area (Å²) in [5, 5.41) is 10.9. The Bertz CT molecular complexity index is 1090. The fraction of sp³-hybridized carbons (Fsp3) is 0. The summed E-state index contributed by atoms with van der Waals surface area (Å²) in [5.74, 6) is -1.35. The van der Waals surface area contributed by atoms with Gasteiger partial charge in [-0.15, -0.1) is 16.4 Å². The molecule has 0 saturated heterocycles. The van der Waals surface area contributed by atoms with Crippen LogP contribution >= 0.6 is 22.9 Å². The summed E-state index contributed by atoms with van der Waals surface area (Å²) in [4.78, 5) is 4.51. The van der Waals surface area contributed by atoms with Crippen LogP contribution in [0.4, 0.5) is 14.6 Å². The molecule has 0 atom stereocenters. The van der Waals surface area contributed by atoms with Crippen molar-refractivity contribution in [3.05, 3.63) is 64.5 Å². The Morgan fingerprint density at radius 1 is 1.08 bits per heavy atom. The topological polar surface area (TPSA) is 69.6 Å². The van der Waals surface area contributed by atoms with Crippen molar-refractivity contribution in [2.45, 2.75) is 0 Å². The van der Waals surface area contributed by atoms with Gasteiger partial charge < -0.3 is 5.73 Å². The van der Waals surface area contributed by atoms with Crippen molar-refractivity contribution in [3.63, 3.8) is 0 Å². The smallest absolute Gasteiger partial charge is 0.165 e. The summed E-state index contributed by atoms with van der Waals surface area (Å²) >= 11 is 7.23. The lowest BCUT2D eigenvalue weighted by atomic mass is 10.2. The van der Waals surface area contributed by atoms with E-state index in [0.29, 0.717) is 15.7 Å². The molecule has 2 aromatic carbocycles. The van der Waals surface area contributed by atoms with Crippen LogP contribution in [0.2, 0.25) is 5.02 Å². The molecule has 0 aliphatic carbocycles. The van der Waals surface area contributed by atoms with Crippen molar-refractivity contribution >= 4 is 28.8 Å². The van der Waals surface area contributed by atoms with Crippen molar-refractivity contribution in [2.75, 3.05) is 5.73 Å². The highest BCUT2D eigenvalue weighted by Gasteiger charge is 2.19. The minimum atomic E-state index is -0.783. The quantitative estimate of drug-likeness (QED) is 0.557. The molecule has 2 aromatic heterocycles. The van der Waals surface area contributed by atoms with Crippen molar-refractivity contribution in [3.8, 4) is 27.6 Å². The molecule has 26 heavy (non-hydrogen) atoms. The molecule has 4 aromatic rings. The maximum Gasteiger partial charge on any atom is 0.165 e. The number of nitrogens with zero attached hydrogens (tertiary/aromatic N) is 4. The zero-order valence-corrected chi connectivity index (χ0v) is 14.6. The molecular weight excluding hydrogens is 380 g/mol. The summed E-state index contributed by atoms with van der Waals surface area (Å²) in [7, 11) is 0. The first-order chi connectivity index (χ1) is 12.5. The van der Waals surface area contributed by atoms with Crippen LogP contribution in [0, 0.1) is 11.6 Å². The van der Waals surface area contributed by atoms with Gasteiger partial charge in [-0.2, -0.15) is 4.68 Å². The Kier molecular flexibility index (Phi) is 4.14. The summed E-state index contributed by atoms with van der Waals surface area (Å²) in [5.41, 5.74) is 8.05. The Hall–Kier alpha value is -2.84. The molecule has 0 spiro atoms. The van der Waals surface area contributed by atoms with Crippen molar-refractivity contribution < 1.29 is 8.78 Å². The summed E-state index contributed by atoms with van der Waals surface area (Å²) in [6, 6.07) is 10.4. The van der Waals surface area contributed by atoms with Gasteiger partial charge in [0.1, 0.15) is 16.5 Å². The SMILES string of the molecule is Nc1c(-c2nc(-c3ccc(Cl)cc3)cs2)nnn1-c1ccc(F)cc1F. The molecule has 0 saturated carbocycles. The molecule has 0 bridgehead atoms. The second-order valence-corrected chi connectivity index (χ2v) is 6.67. The van der Waals surface area contributed by atoms with Crippen molar-refractivity contribution in [2.24, 2.45) is 0 Å². The van der Waals surface area contributed by atoms with Crippen LogP contribution in [0.25, 0.3) is 27.6 Å². The number of benzene rings is 2. The summed E-state index contributed by atoms with van der Waals surface area (Å²) in [6.45, 7) is 0. The van der Waals surface area contributed by atoms with Crippen LogP contribution in [0.5, 0.6) is 0 Å². The molecule has 9 heteroatoms. The Labute approximate surface area is 155 Å². The Balaban J connectivity index is 1.72. The molecule has 130 valence electrons. The maximum absolute atomic E-state index is 14.0. The predicted octanol–water partition coefficient (Wildman–Crippen LogP) is 4.57. The fourth-order valence-corrected chi connectivity index (χ4v) is 3.35. The first kappa shape index (κ1) is 16.6. The number of halogens is 3. The summed E-state index contributed by atoms with van der Waals surface area (Å²) in [6.07, 6.45) is 0. The molecule has 2 heterocycles. The first-order valence-electron chi connectivity index (χ1n) is 7.41. The van der Waals surface area contributed by atoms with Gasteiger partial charge >= 0.3 is 0 Å². The highest BCUT2D eigenvalue weighted by Crippen LogP contribution is 2.32. The van der Waals surface area contributed by atoms with Crippen molar-refractivity contribution in [1.82, 2.24) is 20.0 Å². The van der Waals surface area contributed by atoms with Gasteiger partial charge in [-0.3, -0.25) is 0 Å². The highest BCUT2D eigenvalue weighted by molar-refractivity contribution is 7.13. The van der Waals surface area contributed by atoms with Gasteiger partial charge in [-0.1, -0.05) is 28.9 Å².